The fourth-order valence-electron chi connectivity index (χ4n) is 5.63. The summed E-state index contributed by atoms with van der Waals surface area (Å²) in [7, 11) is 0. The molecular formula is C22H29N5O. The van der Waals surface area contributed by atoms with Gasteiger partial charge in [0.25, 0.3) is 0 Å². The van der Waals surface area contributed by atoms with E-state index in [1.54, 1.807) is 6.33 Å². The SMILES string of the molecule is CC12CN(Cc3ccccc3)CC1(C)CN(C(=O)C1CCc3nncn3C1)C2. The predicted molar refractivity (Wildman–Crippen MR) is 106 cm³/mol. The number of aromatic nitrogens is 3. The van der Waals surface area contributed by atoms with Gasteiger partial charge in [-0.05, 0) is 12.0 Å². The molecule has 0 bridgehead atoms. The van der Waals surface area contributed by atoms with Gasteiger partial charge in [0.15, 0.2) is 0 Å². The van der Waals surface area contributed by atoms with Crippen molar-refractivity contribution in [2.24, 2.45) is 16.7 Å². The minimum atomic E-state index is 0.0648. The average molecular weight is 380 g/mol. The van der Waals surface area contributed by atoms with Crippen molar-refractivity contribution in [3.63, 3.8) is 0 Å². The molecule has 148 valence electrons. The summed E-state index contributed by atoms with van der Waals surface area (Å²) in [6.07, 6.45) is 3.50. The molecule has 1 amide bonds. The van der Waals surface area contributed by atoms with E-state index in [4.69, 9.17) is 0 Å². The molecule has 0 spiro atoms. The quantitative estimate of drug-likeness (QED) is 0.821. The van der Waals surface area contributed by atoms with Crippen molar-refractivity contribution in [2.45, 2.75) is 39.8 Å². The zero-order valence-electron chi connectivity index (χ0n) is 16.8. The van der Waals surface area contributed by atoms with Crippen LogP contribution in [-0.2, 0) is 24.3 Å². The monoisotopic (exact) mass is 379 g/mol. The molecule has 4 heterocycles. The minimum Gasteiger partial charge on any atom is -0.341 e. The molecule has 5 rings (SSSR count). The van der Waals surface area contributed by atoms with Gasteiger partial charge in [-0.2, -0.15) is 0 Å². The molecular weight excluding hydrogens is 350 g/mol. The minimum absolute atomic E-state index is 0.0648. The second kappa shape index (κ2) is 6.41. The van der Waals surface area contributed by atoms with E-state index in [0.717, 1.165) is 57.9 Å². The molecule has 3 aliphatic heterocycles. The Bertz CT molecular complexity index is 860. The third-order valence-corrected chi connectivity index (χ3v) is 7.42. The Balaban J connectivity index is 1.26. The maximum absolute atomic E-state index is 13.3. The molecule has 3 aliphatic rings. The number of carbonyl (C=O) groups is 1. The van der Waals surface area contributed by atoms with E-state index in [2.05, 4.69) is 64.2 Å². The van der Waals surface area contributed by atoms with Gasteiger partial charge in [0, 0.05) is 56.5 Å². The fourth-order valence-corrected chi connectivity index (χ4v) is 5.63. The third-order valence-electron chi connectivity index (χ3n) is 7.42. The smallest absolute Gasteiger partial charge is 0.227 e. The first-order valence-electron chi connectivity index (χ1n) is 10.4. The summed E-state index contributed by atoms with van der Waals surface area (Å²) in [4.78, 5) is 18.0. The molecule has 3 atom stereocenters. The third kappa shape index (κ3) is 2.85. The summed E-state index contributed by atoms with van der Waals surface area (Å²) in [6.45, 7) is 10.3. The van der Waals surface area contributed by atoms with E-state index in [9.17, 15) is 4.79 Å². The zero-order valence-corrected chi connectivity index (χ0v) is 16.8. The Morgan fingerprint density at radius 2 is 1.82 bits per heavy atom. The fraction of sp³-hybridized carbons (Fsp3) is 0.591. The lowest BCUT2D eigenvalue weighted by molar-refractivity contribution is -0.136. The Morgan fingerprint density at radius 1 is 1.11 bits per heavy atom. The lowest BCUT2D eigenvalue weighted by Gasteiger charge is -2.30. The highest BCUT2D eigenvalue weighted by Crippen LogP contribution is 2.52. The highest BCUT2D eigenvalue weighted by atomic mass is 16.2. The normalized spacial score (nSPS) is 32.4. The van der Waals surface area contributed by atoms with Crippen LogP contribution in [0.5, 0.6) is 0 Å². The van der Waals surface area contributed by atoms with Crippen LogP contribution in [0.25, 0.3) is 0 Å². The summed E-state index contributed by atoms with van der Waals surface area (Å²) in [5.74, 6) is 1.40. The standard InChI is InChI=1S/C22H29N5O/c1-21-12-25(10-17-6-4-3-5-7-17)13-22(21,2)15-27(14-21)20(28)18-8-9-19-24-23-16-26(19)11-18/h3-7,16,18H,8-15H2,1-2H3. The number of carbonyl (C=O) groups excluding carboxylic acids is 1. The van der Waals surface area contributed by atoms with E-state index in [-0.39, 0.29) is 16.7 Å². The second-order valence-electron chi connectivity index (χ2n) is 9.58. The Labute approximate surface area is 166 Å². The number of hydrogen-bond donors (Lipinski definition) is 0. The van der Waals surface area contributed by atoms with Crippen LogP contribution in [0.4, 0.5) is 0 Å². The Kier molecular flexibility index (Phi) is 4.09. The summed E-state index contributed by atoms with van der Waals surface area (Å²) >= 11 is 0. The van der Waals surface area contributed by atoms with Crippen LogP contribution in [-0.4, -0.2) is 56.7 Å². The highest BCUT2D eigenvalue weighted by Gasteiger charge is 2.58. The van der Waals surface area contributed by atoms with Crippen LogP contribution >= 0.6 is 0 Å². The van der Waals surface area contributed by atoms with E-state index in [1.807, 2.05) is 4.57 Å². The van der Waals surface area contributed by atoms with Crippen LogP contribution in [0.2, 0.25) is 0 Å². The van der Waals surface area contributed by atoms with Gasteiger partial charge in [0.1, 0.15) is 12.2 Å². The van der Waals surface area contributed by atoms with E-state index in [1.165, 1.54) is 5.56 Å². The lowest BCUT2D eigenvalue weighted by Crippen LogP contribution is -2.41. The predicted octanol–water partition coefficient (Wildman–Crippen LogP) is 2.21. The van der Waals surface area contributed by atoms with Crippen molar-refractivity contribution in [3.8, 4) is 0 Å². The summed E-state index contributed by atoms with van der Waals surface area (Å²) in [5, 5.41) is 8.13. The van der Waals surface area contributed by atoms with Crippen LogP contribution in [0.15, 0.2) is 36.7 Å². The molecule has 2 fully saturated rings. The molecule has 1 aromatic carbocycles. The molecule has 6 heteroatoms. The number of aryl methyl sites for hydroxylation is 1. The van der Waals surface area contributed by atoms with Crippen molar-refractivity contribution >= 4 is 5.91 Å². The number of nitrogens with zero attached hydrogens (tertiary/aromatic N) is 5. The average Bonchev–Trinajstić information content (AvgIpc) is 3.30. The summed E-state index contributed by atoms with van der Waals surface area (Å²) in [5.41, 5.74) is 1.69. The molecule has 2 aromatic rings. The zero-order chi connectivity index (χ0) is 19.4. The van der Waals surface area contributed by atoms with Crippen molar-refractivity contribution in [3.05, 3.63) is 48.0 Å². The van der Waals surface area contributed by atoms with Gasteiger partial charge in [-0.3, -0.25) is 9.69 Å². The van der Waals surface area contributed by atoms with Gasteiger partial charge in [0.05, 0.1) is 5.92 Å². The summed E-state index contributed by atoms with van der Waals surface area (Å²) < 4.78 is 2.05. The van der Waals surface area contributed by atoms with Crippen LogP contribution in [0, 0.1) is 16.7 Å². The van der Waals surface area contributed by atoms with Crippen LogP contribution < -0.4 is 0 Å². The number of likely N-dealkylation sites (tertiary alicyclic amines) is 2. The summed E-state index contributed by atoms with van der Waals surface area (Å²) in [6, 6.07) is 10.7. The van der Waals surface area contributed by atoms with Gasteiger partial charge in [-0.1, -0.05) is 44.2 Å². The molecule has 1 aromatic heterocycles. The molecule has 6 nitrogen and oxygen atoms in total. The first-order chi connectivity index (χ1) is 13.5. The number of benzene rings is 1. The Morgan fingerprint density at radius 3 is 2.54 bits per heavy atom. The topological polar surface area (TPSA) is 54.3 Å². The van der Waals surface area contributed by atoms with Crippen molar-refractivity contribution in [1.29, 1.82) is 0 Å². The van der Waals surface area contributed by atoms with E-state index >= 15 is 0 Å². The first-order valence-corrected chi connectivity index (χ1v) is 10.4. The molecule has 2 saturated heterocycles. The highest BCUT2D eigenvalue weighted by molar-refractivity contribution is 5.79. The van der Waals surface area contributed by atoms with Gasteiger partial charge in [0.2, 0.25) is 5.91 Å². The first kappa shape index (κ1) is 17.9. The maximum Gasteiger partial charge on any atom is 0.227 e. The maximum atomic E-state index is 13.3. The van der Waals surface area contributed by atoms with Gasteiger partial charge >= 0.3 is 0 Å². The van der Waals surface area contributed by atoms with Gasteiger partial charge in [-0.15, -0.1) is 10.2 Å². The Hall–Kier alpha value is -2.21. The number of fused-ring (bicyclic) bond motifs is 2. The van der Waals surface area contributed by atoms with Crippen LogP contribution in [0.1, 0.15) is 31.7 Å². The molecule has 0 N–H and O–H groups in total. The van der Waals surface area contributed by atoms with Crippen molar-refractivity contribution < 1.29 is 4.79 Å². The van der Waals surface area contributed by atoms with Crippen molar-refractivity contribution in [2.75, 3.05) is 26.2 Å². The van der Waals surface area contributed by atoms with Gasteiger partial charge < -0.3 is 9.47 Å². The van der Waals surface area contributed by atoms with E-state index < -0.39 is 0 Å². The number of hydrogen-bond acceptors (Lipinski definition) is 4. The number of amides is 1. The number of rotatable bonds is 3. The molecule has 0 radical (unpaired) electrons. The van der Waals surface area contributed by atoms with Gasteiger partial charge in [-0.25, -0.2) is 0 Å². The largest absolute Gasteiger partial charge is 0.341 e. The molecule has 0 saturated carbocycles. The lowest BCUT2D eigenvalue weighted by atomic mass is 9.71. The van der Waals surface area contributed by atoms with E-state index in [0.29, 0.717) is 5.91 Å². The molecule has 28 heavy (non-hydrogen) atoms. The second-order valence-corrected chi connectivity index (χ2v) is 9.58. The van der Waals surface area contributed by atoms with Crippen molar-refractivity contribution in [1.82, 2.24) is 24.6 Å². The van der Waals surface area contributed by atoms with Crippen LogP contribution in [0.3, 0.4) is 0 Å². The molecule has 0 aliphatic carbocycles. The molecule has 3 unspecified atom stereocenters.